The van der Waals surface area contributed by atoms with Gasteiger partial charge >= 0.3 is 7.12 Å². The van der Waals surface area contributed by atoms with Gasteiger partial charge in [0, 0.05) is 57.9 Å². The Kier molecular flexibility index (Phi) is 13.1. The lowest BCUT2D eigenvalue weighted by Gasteiger charge is -2.37. The first-order chi connectivity index (χ1) is 29.7. The number of hydrogen-bond donors (Lipinski definition) is 3. The first-order valence-corrected chi connectivity index (χ1v) is 21.7. The molecule has 3 saturated heterocycles. The summed E-state index contributed by atoms with van der Waals surface area (Å²) in [5.74, 6) is -0.458. The van der Waals surface area contributed by atoms with E-state index in [1.165, 1.54) is 5.57 Å². The van der Waals surface area contributed by atoms with Gasteiger partial charge in [-0.05, 0) is 108 Å². The Labute approximate surface area is 357 Å². The van der Waals surface area contributed by atoms with Gasteiger partial charge in [0.05, 0.1) is 11.1 Å². The first kappa shape index (κ1) is 42.1. The maximum Gasteiger partial charge on any atom is 0.488 e. The Balaban J connectivity index is 0.773. The van der Waals surface area contributed by atoms with Crippen molar-refractivity contribution in [1.82, 2.24) is 20.0 Å². The molecule has 61 heavy (non-hydrogen) atoms. The fourth-order valence-electron chi connectivity index (χ4n) is 9.25. The monoisotopic (exact) mass is 823 g/mol. The van der Waals surface area contributed by atoms with Gasteiger partial charge in [0.1, 0.15) is 18.4 Å². The van der Waals surface area contributed by atoms with Crippen molar-refractivity contribution in [2.45, 2.75) is 51.5 Å². The summed E-state index contributed by atoms with van der Waals surface area (Å²) in [5.41, 5.74) is 7.58. The third-order valence-electron chi connectivity index (χ3n) is 12.8. The van der Waals surface area contributed by atoms with Crippen LogP contribution in [0.5, 0.6) is 5.75 Å². The maximum absolute atomic E-state index is 13.3. The van der Waals surface area contributed by atoms with Gasteiger partial charge in [-0.2, -0.15) is 0 Å². The van der Waals surface area contributed by atoms with E-state index in [0.29, 0.717) is 29.1 Å². The molecule has 4 heterocycles. The molecule has 4 aromatic carbocycles. The number of carbonyl (C=O) groups excluding carboxylic acids is 4. The van der Waals surface area contributed by atoms with E-state index in [9.17, 15) is 29.2 Å². The molecule has 8 rings (SSSR count). The number of imide groups is 2. The Bertz CT molecular complexity index is 2250. The lowest BCUT2D eigenvalue weighted by atomic mass is 9.79. The van der Waals surface area contributed by atoms with Gasteiger partial charge in [-0.25, -0.2) is 0 Å². The number of amides is 4. The number of fused-ring (bicyclic) bond motifs is 1. The third-order valence-corrected chi connectivity index (χ3v) is 12.8. The fourth-order valence-corrected chi connectivity index (χ4v) is 9.25. The van der Waals surface area contributed by atoms with Crippen LogP contribution in [0, 0.1) is 5.92 Å². The molecule has 4 aliphatic heterocycles. The number of nitrogens with zero attached hydrogens (tertiary/aromatic N) is 4. The Morgan fingerprint density at radius 2 is 1.36 bits per heavy atom. The van der Waals surface area contributed by atoms with Gasteiger partial charge in [0.15, 0.2) is 0 Å². The number of nitrogens with one attached hydrogen (secondary N) is 1. The second-order valence-corrected chi connectivity index (χ2v) is 16.5. The second-order valence-electron chi connectivity index (χ2n) is 16.5. The first-order valence-electron chi connectivity index (χ1n) is 21.7. The van der Waals surface area contributed by atoms with Crippen LogP contribution in [0.1, 0.15) is 82.9 Å². The van der Waals surface area contributed by atoms with Gasteiger partial charge in [0.25, 0.3) is 11.8 Å². The average Bonchev–Trinajstić information content (AvgIpc) is 3.53. The number of hydrogen-bond acceptors (Lipinski definition) is 10. The molecule has 4 amide bonds. The highest BCUT2D eigenvalue weighted by atomic mass is 16.5. The van der Waals surface area contributed by atoms with Crippen LogP contribution in [0.4, 0.5) is 5.69 Å². The van der Waals surface area contributed by atoms with Crippen LogP contribution < -0.4 is 20.4 Å². The number of ether oxygens (including phenoxy) is 1. The second kappa shape index (κ2) is 19.0. The zero-order valence-corrected chi connectivity index (χ0v) is 34.8. The Morgan fingerprint density at radius 1 is 0.721 bits per heavy atom. The summed E-state index contributed by atoms with van der Waals surface area (Å²) in [4.78, 5) is 58.9. The summed E-state index contributed by atoms with van der Waals surface area (Å²) >= 11 is 0. The lowest BCUT2D eigenvalue weighted by molar-refractivity contribution is -0.136. The van der Waals surface area contributed by atoms with Gasteiger partial charge in [0.2, 0.25) is 11.8 Å². The molecule has 12 nitrogen and oxygen atoms in total. The number of piperidine rings is 2. The molecule has 4 aromatic rings. The van der Waals surface area contributed by atoms with E-state index in [1.54, 1.807) is 24.3 Å². The molecule has 0 spiro atoms. The van der Waals surface area contributed by atoms with Crippen LogP contribution in [-0.4, -0.2) is 121 Å². The van der Waals surface area contributed by atoms with E-state index < -0.39 is 30.9 Å². The van der Waals surface area contributed by atoms with E-state index in [4.69, 9.17) is 4.74 Å². The summed E-state index contributed by atoms with van der Waals surface area (Å²) in [5, 5.41) is 21.6. The molecule has 1 atom stereocenters. The number of piperazine rings is 1. The molecule has 0 saturated carbocycles. The van der Waals surface area contributed by atoms with Crippen molar-refractivity contribution in [3.63, 3.8) is 0 Å². The van der Waals surface area contributed by atoms with Crippen molar-refractivity contribution in [3.8, 4) is 5.75 Å². The van der Waals surface area contributed by atoms with Crippen LogP contribution in [0.3, 0.4) is 0 Å². The molecule has 1 unspecified atom stereocenters. The summed E-state index contributed by atoms with van der Waals surface area (Å²) in [7, 11) is -1.51. The van der Waals surface area contributed by atoms with Crippen LogP contribution in [0.2, 0.25) is 0 Å². The molecule has 0 aliphatic carbocycles. The molecule has 0 radical (unpaired) electrons. The van der Waals surface area contributed by atoms with Crippen molar-refractivity contribution >= 4 is 53.0 Å². The Hall–Kier alpha value is -5.60. The summed E-state index contributed by atoms with van der Waals surface area (Å²) in [6, 6.07) is 30.5. The topological polar surface area (TPSA) is 143 Å². The van der Waals surface area contributed by atoms with Crippen LogP contribution in [0.25, 0.3) is 11.1 Å². The number of allylic oxidation sites excluding steroid dienone is 1. The number of rotatable bonds is 14. The maximum atomic E-state index is 13.3. The minimum absolute atomic E-state index is 0.101. The van der Waals surface area contributed by atoms with Gasteiger partial charge < -0.3 is 24.6 Å². The molecule has 13 heteroatoms. The van der Waals surface area contributed by atoms with Gasteiger partial charge in [-0.3, -0.25) is 34.3 Å². The van der Waals surface area contributed by atoms with E-state index in [-0.39, 0.29) is 18.7 Å². The quantitative estimate of drug-likeness (QED) is 0.0950. The predicted molar refractivity (Wildman–Crippen MR) is 236 cm³/mol. The molecule has 0 aromatic heterocycles. The normalized spacial score (nSPS) is 19.5. The standard InChI is InChI=1S/C48H54BN5O7/c1-2-40(34-6-4-3-5-7-34)45(35-8-12-37(13-9-35)49(59)60)36-10-15-39(16-11-36)61-31-30-52-28-26-51(27-29-52)23-20-33-21-24-53(25-22-33)38-14-17-41-42(32-38)48(58)54(47(41)57)43-18-19-44(55)50-46(43)56/h3-17,32-33,43,59-60H,2,18-31H2,1H3,(H,50,55,56)/b45-40-. The average molecular weight is 824 g/mol. The van der Waals surface area contributed by atoms with Gasteiger partial charge in [-0.15, -0.1) is 0 Å². The van der Waals surface area contributed by atoms with Crippen molar-refractivity contribution in [1.29, 1.82) is 0 Å². The number of carbonyl (C=O) groups is 4. The van der Waals surface area contributed by atoms with Crippen molar-refractivity contribution in [3.05, 3.63) is 125 Å². The summed E-state index contributed by atoms with van der Waals surface area (Å²) in [6.07, 6.45) is 4.37. The smallest absolute Gasteiger partial charge is 0.488 e. The summed E-state index contributed by atoms with van der Waals surface area (Å²) < 4.78 is 6.24. The van der Waals surface area contributed by atoms with Crippen LogP contribution in [0.15, 0.2) is 97.1 Å². The molecule has 4 aliphatic rings. The summed E-state index contributed by atoms with van der Waals surface area (Å²) in [6.45, 7) is 10.6. The van der Waals surface area contributed by atoms with E-state index in [0.717, 1.165) is 117 Å². The van der Waals surface area contributed by atoms with Crippen molar-refractivity contribution < 1.29 is 34.0 Å². The number of benzene rings is 4. The molecule has 316 valence electrons. The van der Waals surface area contributed by atoms with Crippen molar-refractivity contribution in [2.75, 3.05) is 63.9 Å². The Morgan fingerprint density at radius 3 is 2.00 bits per heavy atom. The highest BCUT2D eigenvalue weighted by Gasteiger charge is 2.45. The largest absolute Gasteiger partial charge is 0.492 e. The van der Waals surface area contributed by atoms with Crippen LogP contribution >= 0.6 is 0 Å². The lowest BCUT2D eigenvalue weighted by Crippen LogP contribution is -2.54. The highest BCUT2D eigenvalue weighted by Crippen LogP contribution is 2.36. The number of anilines is 1. The van der Waals surface area contributed by atoms with Crippen molar-refractivity contribution in [2.24, 2.45) is 5.92 Å². The molecule has 3 fully saturated rings. The van der Waals surface area contributed by atoms with E-state index >= 15 is 0 Å². The third kappa shape index (κ3) is 9.50. The zero-order valence-electron chi connectivity index (χ0n) is 34.8. The minimum atomic E-state index is -1.51. The molecule has 3 N–H and O–H groups in total. The molecule has 0 bridgehead atoms. The molecular formula is C48H54BN5O7. The van der Waals surface area contributed by atoms with Gasteiger partial charge in [-0.1, -0.05) is 73.7 Å². The van der Waals surface area contributed by atoms with Crippen LogP contribution in [-0.2, 0) is 9.59 Å². The minimum Gasteiger partial charge on any atom is -0.492 e. The fraction of sp³-hybridized carbons (Fsp3) is 0.375. The zero-order chi connectivity index (χ0) is 42.5. The van der Waals surface area contributed by atoms with E-state index in [2.05, 4.69) is 63.3 Å². The van der Waals surface area contributed by atoms with E-state index in [1.807, 2.05) is 36.4 Å². The SMILES string of the molecule is CC/C(=C(/c1ccc(OCCN2CCN(CCC3CCN(c4ccc5c(c4)C(=O)N(C4CCC(=O)NC4=O)C5=O)CC3)CC2)cc1)c1ccc(B(O)O)cc1)c1ccccc1. The predicted octanol–water partition coefficient (Wildman–Crippen LogP) is 4.44. The highest BCUT2D eigenvalue weighted by molar-refractivity contribution is 6.58. The molecular weight excluding hydrogens is 769 g/mol.